The van der Waals surface area contributed by atoms with Crippen molar-refractivity contribution in [2.45, 2.75) is 32.0 Å². The summed E-state index contributed by atoms with van der Waals surface area (Å²) in [4.78, 5) is 15.1. The molecule has 1 heterocycles. The molecule has 182 valence electrons. The number of carboxylic acid groups (broad SMARTS) is 1. The van der Waals surface area contributed by atoms with E-state index in [1.54, 1.807) is 0 Å². The van der Waals surface area contributed by atoms with Gasteiger partial charge in [-0.2, -0.15) is 13.2 Å². The first-order valence-electron chi connectivity index (χ1n) is 10.4. The Kier molecular flexibility index (Phi) is 6.80. The minimum Gasteiger partial charge on any atom is -0.545 e. The van der Waals surface area contributed by atoms with Crippen LogP contribution in [0.25, 0.3) is 11.1 Å². The van der Waals surface area contributed by atoms with Crippen LogP contribution in [0.1, 0.15) is 51.9 Å². The Morgan fingerprint density at radius 2 is 1.80 bits per heavy atom. The first kappa shape index (κ1) is 24.7. The maximum absolute atomic E-state index is 14.2. The molecule has 0 radical (unpaired) electrons. The topological polar surface area (TPSA) is 62.2 Å². The summed E-state index contributed by atoms with van der Waals surface area (Å²) in [6.45, 7) is -0.384. The van der Waals surface area contributed by atoms with Gasteiger partial charge in [-0.15, -0.1) is 0 Å². The molecule has 0 atom stereocenters. The molecule has 0 aliphatic heterocycles. The fourth-order valence-corrected chi connectivity index (χ4v) is 4.20. The number of aromatic nitrogens is 1. The molecule has 4 rings (SSSR count). The molecule has 0 saturated heterocycles. The van der Waals surface area contributed by atoms with E-state index in [4.69, 9.17) is 16.3 Å². The van der Waals surface area contributed by atoms with E-state index in [2.05, 4.69) is 4.98 Å². The quantitative estimate of drug-likeness (QED) is 0.379. The molecule has 10 heteroatoms. The Morgan fingerprint density at radius 1 is 1.06 bits per heavy atom. The van der Waals surface area contributed by atoms with Crippen molar-refractivity contribution in [3.63, 3.8) is 0 Å². The number of rotatable bonds is 6. The molecule has 0 fully saturated rings. The fourth-order valence-electron chi connectivity index (χ4n) is 3.98. The number of halogens is 6. The largest absolute Gasteiger partial charge is 0.545 e. The number of nitrogens with zero attached hydrogens (tertiary/aromatic N) is 1. The summed E-state index contributed by atoms with van der Waals surface area (Å²) < 4.78 is 74.1. The van der Waals surface area contributed by atoms with Crippen molar-refractivity contribution in [1.82, 2.24) is 4.98 Å². The summed E-state index contributed by atoms with van der Waals surface area (Å²) in [5, 5.41) is 11.3. The number of pyridine rings is 1. The smallest absolute Gasteiger partial charge is 0.417 e. The molecule has 35 heavy (non-hydrogen) atoms. The van der Waals surface area contributed by atoms with Gasteiger partial charge in [0, 0.05) is 22.9 Å². The van der Waals surface area contributed by atoms with Gasteiger partial charge in [-0.1, -0.05) is 23.7 Å². The number of hydrogen-bond donors (Lipinski definition) is 0. The van der Waals surface area contributed by atoms with E-state index in [9.17, 15) is 31.9 Å². The number of ether oxygens (including phenoxy) is 1. The maximum atomic E-state index is 14.2. The molecule has 0 spiro atoms. The summed E-state index contributed by atoms with van der Waals surface area (Å²) >= 11 is 6.02. The Bertz CT molecular complexity index is 1320. The van der Waals surface area contributed by atoms with E-state index in [0.717, 1.165) is 18.2 Å². The molecular formula is C25H16ClF5NO3-. The highest BCUT2D eigenvalue weighted by molar-refractivity contribution is 6.31. The molecule has 1 aliphatic rings. The van der Waals surface area contributed by atoms with Gasteiger partial charge in [0.15, 0.2) is 0 Å². The molecule has 0 amide bonds. The predicted octanol–water partition coefficient (Wildman–Crippen LogP) is 6.07. The SMILES string of the molecule is O=C([O-])c1cc(C2=C(c3cc(C(F)(F)F)cnc3OCc3c(F)cccc3Cl)CCC2)ccc1F. The number of aromatic carboxylic acids is 1. The molecule has 0 bridgehead atoms. The van der Waals surface area contributed by atoms with Gasteiger partial charge in [-0.05, 0) is 66.3 Å². The van der Waals surface area contributed by atoms with E-state index >= 15 is 0 Å². The second-order valence-corrected chi connectivity index (χ2v) is 8.26. The van der Waals surface area contributed by atoms with Crippen LogP contribution in [-0.2, 0) is 12.8 Å². The summed E-state index contributed by atoms with van der Waals surface area (Å²) in [5.41, 5.74) is -0.333. The monoisotopic (exact) mass is 508 g/mol. The fraction of sp³-hybridized carbons (Fsp3) is 0.200. The zero-order valence-corrected chi connectivity index (χ0v) is 18.6. The average molecular weight is 509 g/mol. The van der Waals surface area contributed by atoms with Crippen LogP contribution in [-0.4, -0.2) is 11.0 Å². The Balaban J connectivity index is 1.82. The number of carbonyl (C=O) groups is 1. The van der Waals surface area contributed by atoms with Crippen molar-refractivity contribution in [2.24, 2.45) is 0 Å². The third-order valence-corrected chi connectivity index (χ3v) is 6.03. The first-order valence-corrected chi connectivity index (χ1v) is 10.8. The molecule has 0 N–H and O–H groups in total. The van der Waals surface area contributed by atoms with Crippen LogP contribution in [0.4, 0.5) is 22.0 Å². The Hall–Kier alpha value is -3.46. The highest BCUT2D eigenvalue weighted by atomic mass is 35.5. The second-order valence-electron chi connectivity index (χ2n) is 7.86. The molecule has 2 aromatic carbocycles. The van der Waals surface area contributed by atoms with Gasteiger partial charge in [0.25, 0.3) is 0 Å². The standard InChI is InChI=1S/C25H17ClF5NO3/c26-20-5-2-6-21(27)19(20)12-35-23-17(10-14(11-32-23)25(29,30)31)16-4-1-3-15(16)13-7-8-22(28)18(9-13)24(33)34/h2,5-11H,1,3-4,12H2,(H,33,34)/p-1. The first-order chi connectivity index (χ1) is 16.6. The Morgan fingerprint density at radius 3 is 2.49 bits per heavy atom. The minimum atomic E-state index is -4.69. The van der Waals surface area contributed by atoms with Crippen molar-refractivity contribution in [3.05, 3.63) is 93.1 Å². The van der Waals surface area contributed by atoms with Crippen LogP contribution in [0, 0.1) is 11.6 Å². The van der Waals surface area contributed by atoms with Crippen LogP contribution in [0.5, 0.6) is 5.88 Å². The number of allylic oxidation sites excluding steroid dienone is 2. The van der Waals surface area contributed by atoms with Crippen LogP contribution in [0.3, 0.4) is 0 Å². The summed E-state index contributed by atoms with van der Waals surface area (Å²) in [6.07, 6.45) is -2.78. The van der Waals surface area contributed by atoms with Crippen molar-refractivity contribution in [2.75, 3.05) is 0 Å². The predicted molar refractivity (Wildman–Crippen MR) is 116 cm³/mol. The molecule has 3 aromatic rings. The van der Waals surface area contributed by atoms with Crippen molar-refractivity contribution >= 4 is 28.7 Å². The van der Waals surface area contributed by atoms with Crippen LogP contribution >= 0.6 is 11.6 Å². The Labute approximate surface area is 201 Å². The zero-order valence-electron chi connectivity index (χ0n) is 17.9. The van der Waals surface area contributed by atoms with Crippen LogP contribution in [0.2, 0.25) is 5.02 Å². The molecule has 1 aromatic heterocycles. The van der Waals surface area contributed by atoms with E-state index in [1.165, 1.54) is 24.3 Å². The lowest BCUT2D eigenvalue weighted by Crippen LogP contribution is -2.23. The number of carbonyl (C=O) groups excluding carboxylic acids is 1. The minimum absolute atomic E-state index is 0.0135. The van der Waals surface area contributed by atoms with Gasteiger partial charge in [-0.3, -0.25) is 0 Å². The average Bonchev–Trinajstić information content (AvgIpc) is 3.28. The number of benzene rings is 2. The van der Waals surface area contributed by atoms with Crippen molar-refractivity contribution in [1.29, 1.82) is 0 Å². The highest BCUT2D eigenvalue weighted by Gasteiger charge is 2.33. The van der Waals surface area contributed by atoms with E-state index < -0.39 is 34.9 Å². The van der Waals surface area contributed by atoms with Crippen LogP contribution < -0.4 is 9.84 Å². The number of hydrogen-bond acceptors (Lipinski definition) is 4. The van der Waals surface area contributed by atoms with E-state index in [-0.39, 0.29) is 28.6 Å². The normalized spacial score (nSPS) is 13.9. The number of alkyl halides is 3. The third-order valence-electron chi connectivity index (χ3n) is 5.67. The van der Waals surface area contributed by atoms with E-state index in [1.807, 2.05) is 0 Å². The molecule has 4 nitrogen and oxygen atoms in total. The zero-order chi connectivity index (χ0) is 25.3. The highest BCUT2D eigenvalue weighted by Crippen LogP contribution is 2.44. The third kappa shape index (κ3) is 5.14. The molecule has 0 saturated carbocycles. The van der Waals surface area contributed by atoms with Gasteiger partial charge >= 0.3 is 6.18 Å². The molecule has 0 unspecified atom stereocenters. The van der Waals surface area contributed by atoms with Crippen molar-refractivity contribution in [3.8, 4) is 5.88 Å². The van der Waals surface area contributed by atoms with Gasteiger partial charge in [-0.25, -0.2) is 13.8 Å². The van der Waals surface area contributed by atoms with Crippen molar-refractivity contribution < 1.29 is 36.6 Å². The summed E-state index contributed by atoms with van der Waals surface area (Å²) in [6, 6.07) is 8.32. The van der Waals surface area contributed by atoms with Gasteiger partial charge in [0.05, 0.1) is 16.6 Å². The lowest BCUT2D eigenvalue weighted by atomic mass is 9.95. The lowest BCUT2D eigenvalue weighted by molar-refractivity contribution is -0.255. The lowest BCUT2D eigenvalue weighted by Gasteiger charge is -2.17. The van der Waals surface area contributed by atoms with Gasteiger partial charge in [0.2, 0.25) is 5.88 Å². The summed E-state index contributed by atoms with van der Waals surface area (Å²) in [5.74, 6) is -3.52. The number of carboxylic acids is 1. The molecular weight excluding hydrogens is 493 g/mol. The van der Waals surface area contributed by atoms with Crippen LogP contribution in [0.15, 0.2) is 48.7 Å². The second kappa shape index (κ2) is 9.65. The van der Waals surface area contributed by atoms with Gasteiger partial charge < -0.3 is 14.6 Å². The van der Waals surface area contributed by atoms with Gasteiger partial charge in [0.1, 0.15) is 18.2 Å². The maximum Gasteiger partial charge on any atom is 0.417 e. The van der Waals surface area contributed by atoms with E-state index in [0.29, 0.717) is 42.2 Å². The summed E-state index contributed by atoms with van der Waals surface area (Å²) in [7, 11) is 0. The molecule has 1 aliphatic carbocycles.